The number of hydrogen-bond donors (Lipinski definition) is 0. The number of amides is 1. The summed E-state index contributed by atoms with van der Waals surface area (Å²) in [5, 5.41) is 0. The Kier molecular flexibility index (Phi) is 5.16. The molecular weight excluding hydrogens is 326 g/mol. The number of carbonyl (C=O) groups is 1. The van der Waals surface area contributed by atoms with Crippen molar-refractivity contribution in [1.82, 2.24) is 14.8 Å². The van der Waals surface area contributed by atoms with Gasteiger partial charge in [-0.15, -0.1) is 0 Å². The summed E-state index contributed by atoms with van der Waals surface area (Å²) in [5.41, 5.74) is 2.06. The number of pyridine rings is 1. The number of ether oxygens (including phenoxy) is 1. The zero-order chi connectivity index (χ0) is 17.8. The van der Waals surface area contributed by atoms with Gasteiger partial charge in [0.25, 0.3) is 5.91 Å². The minimum absolute atomic E-state index is 0.182. The molecule has 0 unspecified atom stereocenters. The zero-order valence-corrected chi connectivity index (χ0v) is 15.0. The smallest absolute Gasteiger partial charge is 0.254 e. The largest absolute Gasteiger partial charge is 0.489 e. The number of carbonyl (C=O) groups excluding carboxylic acids is 1. The van der Waals surface area contributed by atoms with Crippen molar-refractivity contribution >= 4 is 5.91 Å². The molecule has 1 fully saturated rings. The minimum Gasteiger partial charge on any atom is -0.489 e. The lowest BCUT2D eigenvalue weighted by Gasteiger charge is -2.35. The molecule has 1 amide bonds. The lowest BCUT2D eigenvalue weighted by atomic mass is 9.99. The van der Waals surface area contributed by atoms with Crippen LogP contribution in [0.1, 0.15) is 28.8 Å². The maximum Gasteiger partial charge on any atom is 0.254 e. The van der Waals surface area contributed by atoms with Crippen LogP contribution in [0, 0.1) is 0 Å². The fourth-order valence-corrected chi connectivity index (χ4v) is 3.81. The van der Waals surface area contributed by atoms with Gasteiger partial charge in [-0.1, -0.05) is 18.2 Å². The van der Waals surface area contributed by atoms with Crippen molar-refractivity contribution in [3.05, 3.63) is 59.9 Å². The third-order valence-electron chi connectivity index (χ3n) is 5.34. The van der Waals surface area contributed by atoms with Gasteiger partial charge in [-0.25, -0.2) is 0 Å². The summed E-state index contributed by atoms with van der Waals surface area (Å²) in [6.07, 6.45) is 6.79. The second kappa shape index (κ2) is 7.87. The Morgan fingerprint density at radius 3 is 2.69 bits per heavy atom. The van der Waals surface area contributed by atoms with Gasteiger partial charge in [0.05, 0.1) is 6.20 Å². The molecule has 2 aliphatic heterocycles. The summed E-state index contributed by atoms with van der Waals surface area (Å²) in [7, 11) is 0. The van der Waals surface area contributed by atoms with E-state index in [9.17, 15) is 4.79 Å². The molecule has 136 valence electrons. The molecule has 2 aromatic rings. The van der Waals surface area contributed by atoms with E-state index < -0.39 is 0 Å². The molecule has 3 heterocycles. The van der Waals surface area contributed by atoms with Gasteiger partial charge in [0, 0.05) is 44.5 Å². The van der Waals surface area contributed by atoms with E-state index in [0.717, 1.165) is 63.3 Å². The van der Waals surface area contributed by atoms with Crippen LogP contribution in [0.2, 0.25) is 0 Å². The number of nitrogens with zero attached hydrogens (tertiary/aromatic N) is 3. The molecule has 0 bridgehead atoms. The Hall–Kier alpha value is -2.40. The van der Waals surface area contributed by atoms with E-state index in [1.807, 2.05) is 35.2 Å². The molecule has 26 heavy (non-hydrogen) atoms. The quantitative estimate of drug-likeness (QED) is 0.831. The fraction of sp³-hybridized carbons (Fsp3) is 0.429. The van der Waals surface area contributed by atoms with Gasteiger partial charge in [0.15, 0.2) is 0 Å². The summed E-state index contributed by atoms with van der Waals surface area (Å²) >= 11 is 0. The molecule has 0 radical (unpaired) electrons. The highest BCUT2D eigenvalue weighted by Crippen LogP contribution is 2.20. The second-order valence-corrected chi connectivity index (χ2v) is 7.05. The topological polar surface area (TPSA) is 45.7 Å². The van der Waals surface area contributed by atoms with E-state index in [1.165, 1.54) is 5.56 Å². The van der Waals surface area contributed by atoms with E-state index in [2.05, 4.69) is 16.0 Å². The van der Waals surface area contributed by atoms with Crippen LogP contribution in [0.25, 0.3) is 0 Å². The lowest BCUT2D eigenvalue weighted by Crippen LogP contribution is -2.45. The maximum atomic E-state index is 12.6. The van der Waals surface area contributed by atoms with Crippen LogP contribution < -0.4 is 4.74 Å². The number of fused-ring (bicyclic) bond motifs is 1. The predicted octanol–water partition coefficient (Wildman–Crippen LogP) is 2.62. The first-order chi connectivity index (χ1) is 12.8. The molecule has 0 atom stereocenters. The number of benzene rings is 1. The van der Waals surface area contributed by atoms with Crippen LogP contribution in [0.3, 0.4) is 0 Å². The highest BCUT2D eigenvalue weighted by Gasteiger charge is 2.25. The standard InChI is InChI=1S/C21H25N3O2/c25-21-20-6-2-1-4-17(20)7-13-24(21)15-14-23-11-8-18(9-12-23)26-19-5-3-10-22-16-19/h1-6,10,16,18H,7-9,11-15H2. The van der Waals surface area contributed by atoms with Crippen molar-refractivity contribution in [3.63, 3.8) is 0 Å². The normalized spacial score (nSPS) is 18.6. The molecule has 2 aliphatic rings. The van der Waals surface area contributed by atoms with Gasteiger partial charge in [0.2, 0.25) is 0 Å². The van der Waals surface area contributed by atoms with Gasteiger partial charge in [-0.3, -0.25) is 9.78 Å². The van der Waals surface area contributed by atoms with Gasteiger partial charge in [-0.05, 0) is 43.0 Å². The molecule has 0 saturated carbocycles. The van der Waals surface area contributed by atoms with Crippen LogP contribution in [0.5, 0.6) is 5.75 Å². The Bertz CT molecular complexity index is 742. The molecule has 4 rings (SSSR count). The van der Waals surface area contributed by atoms with E-state index in [-0.39, 0.29) is 12.0 Å². The van der Waals surface area contributed by atoms with Crippen LogP contribution in [-0.4, -0.2) is 59.5 Å². The summed E-state index contributed by atoms with van der Waals surface area (Å²) in [4.78, 5) is 21.2. The average Bonchev–Trinajstić information content (AvgIpc) is 2.70. The predicted molar refractivity (Wildman–Crippen MR) is 100 cm³/mol. The van der Waals surface area contributed by atoms with Crippen molar-refractivity contribution < 1.29 is 9.53 Å². The van der Waals surface area contributed by atoms with Crippen molar-refractivity contribution in [1.29, 1.82) is 0 Å². The number of hydrogen-bond acceptors (Lipinski definition) is 4. The Balaban J connectivity index is 1.24. The minimum atomic E-state index is 0.182. The van der Waals surface area contributed by atoms with E-state index in [0.29, 0.717) is 0 Å². The maximum absolute atomic E-state index is 12.6. The Labute approximate surface area is 154 Å². The van der Waals surface area contributed by atoms with E-state index in [4.69, 9.17) is 4.74 Å². The summed E-state index contributed by atoms with van der Waals surface area (Å²) < 4.78 is 6.00. The van der Waals surface area contributed by atoms with Crippen LogP contribution in [0.15, 0.2) is 48.8 Å². The van der Waals surface area contributed by atoms with Gasteiger partial charge >= 0.3 is 0 Å². The number of rotatable bonds is 5. The van der Waals surface area contributed by atoms with Gasteiger partial charge < -0.3 is 14.5 Å². The third kappa shape index (κ3) is 3.88. The molecule has 0 spiro atoms. The molecule has 1 saturated heterocycles. The highest BCUT2D eigenvalue weighted by molar-refractivity contribution is 5.96. The van der Waals surface area contributed by atoms with E-state index in [1.54, 1.807) is 12.4 Å². The van der Waals surface area contributed by atoms with Crippen LogP contribution >= 0.6 is 0 Å². The lowest BCUT2D eigenvalue weighted by molar-refractivity contribution is 0.0666. The number of piperidine rings is 1. The number of aromatic nitrogens is 1. The molecule has 1 aromatic carbocycles. The molecule has 5 nitrogen and oxygen atoms in total. The van der Waals surface area contributed by atoms with Gasteiger partial charge in [0.1, 0.15) is 11.9 Å². The SMILES string of the molecule is O=C1c2ccccc2CCN1CCN1CCC(Oc2cccnc2)CC1. The molecule has 1 aromatic heterocycles. The van der Waals surface area contributed by atoms with Crippen molar-refractivity contribution in [2.24, 2.45) is 0 Å². The second-order valence-electron chi connectivity index (χ2n) is 7.05. The number of likely N-dealkylation sites (tertiary alicyclic amines) is 1. The summed E-state index contributed by atoms with van der Waals surface area (Å²) in [6.45, 7) is 4.61. The molecule has 5 heteroatoms. The van der Waals surface area contributed by atoms with Crippen molar-refractivity contribution in [2.45, 2.75) is 25.4 Å². The fourth-order valence-electron chi connectivity index (χ4n) is 3.81. The molecule has 0 N–H and O–H groups in total. The average molecular weight is 351 g/mol. The summed E-state index contributed by atoms with van der Waals surface area (Å²) in [6, 6.07) is 11.8. The van der Waals surface area contributed by atoms with Crippen LogP contribution in [-0.2, 0) is 6.42 Å². The Morgan fingerprint density at radius 1 is 1.04 bits per heavy atom. The zero-order valence-electron chi connectivity index (χ0n) is 15.0. The Morgan fingerprint density at radius 2 is 1.88 bits per heavy atom. The van der Waals surface area contributed by atoms with Crippen LogP contribution in [0.4, 0.5) is 0 Å². The highest BCUT2D eigenvalue weighted by atomic mass is 16.5. The van der Waals surface area contributed by atoms with Crippen molar-refractivity contribution in [3.8, 4) is 5.75 Å². The first kappa shape index (κ1) is 17.0. The van der Waals surface area contributed by atoms with E-state index >= 15 is 0 Å². The molecular formula is C21H25N3O2. The monoisotopic (exact) mass is 351 g/mol. The molecule has 0 aliphatic carbocycles. The summed E-state index contributed by atoms with van der Waals surface area (Å²) in [5.74, 6) is 1.03. The first-order valence-corrected chi connectivity index (χ1v) is 9.46. The van der Waals surface area contributed by atoms with Crippen molar-refractivity contribution in [2.75, 3.05) is 32.7 Å². The van der Waals surface area contributed by atoms with Gasteiger partial charge in [-0.2, -0.15) is 0 Å². The first-order valence-electron chi connectivity index (χ1n) is 9.46. The third-order valence-corrected chi connectivity index (χ3v) is 5.34.